The zero-order valence-corrected chi connectivity index (χ0v) is 9.55. The van der Waals surface area contributed by atoms with Crippen molar-refractivity contribution in [3.63, 3.8) is 0 Å². The summed E-state index contributed by atoms with van der Waals surface area (Å²) in [7, 11) is 0. The van der Waals surface area contributed by atoms with Crippen LogP contribution >= 0.6 is 23.4 Å². The van der Waals surface area contributed by atoms with E-state index in [9.17, 15) is 4.79 Å². The maximum Gasteiger partial charge on any atom is 0.251 e. The van der Waals surface area contributed by atoms with Crippen LogP contribution in [-0.2, 0) is 0 Å². The standard InChI is InChI=1S/C9H7ClN4OS/c10-6-3-5(11)4-8(13-6)16-9-12-2-1-7(15)14-9/h1-4H,(H2,11,13)(H,12,14,15). The molecular formula is C9H7ClN4OS. The number of H-pyrrole nitrogens is 1. The first-order valence-corrected chi connectivity index (χ1v) is 5.49. The fourth-order valence-corrected chi connectivity index (χ4v) is 2.12. The molecule has 0 aliphatic heterocycles. The molecule has 16 heavy (non-hydrogen) atoms. The molecule has 82 valence electrons. The summed E-state index contributed by atoms with van der Waals surface area (Å²) in [5, 5.41) is 1.33. The maximum absolute atomic E-state index is 11.0. The van der Waals surface area contributed by atoms with Gasteiger partial charge in [0.05, 0.1) is 0 Å². The Morgan fingerprint density at radius 1 is 1.44 bits per heavy atom. The zero-order valence-electron chi connectivity index (χ0n) is 7.98. The number of rotatable bonds is 2. The minimum Gasteiger partial charge on any atom is -0.399 e. The van der Waals surface area contributed by atoms with E-state index in [0.717, 1.165) is 0 Å². The van der Waals surface area contributed by atoms with E-state index in [1.807, 2.05) is 0 Å². The lowest BCUT2D eigenvalue weighted by atomic mass is 10.4. The number of halogens is 1. The van der Waals surface area contributed by atoms with E-state index in [0.29, 0.717) is 21.0 Å². The number of nitrogen functional groups attached to an aromatic ring is 1. The molecule has 0 saturated heterocycles. The van der Waals surface area contributed by atoms with Crippen molar-refractivity contribution in [2.45, 2.75) is 10.2 Å². The van der Waals surface area contributed by atoms with E-state index < -0.39 is 0 Å². The number of aromatic amines is 1. The largest absolute Gasteiger partial charge is 0.399 e. The predicted octanol–water partition coefficient (Wildman–Crippen LogP) is 1.55. The number of nitrogens with one attached hydrogen (secondary N) is 1. The van der Waals surface area contributed by atoms with Gasteiger partial charge in [-0.25, -0.2) is 9.97 Å². The Morgan fingerprint density at radius 3 is 2.94 bits per heavy atom. The summed E-state index contributed by atoms with van der Waals surface area (Å²) < 4.78 is 0. The SMILES string of the molecule is Nc1cc(Cl)nc(Sc2nccc(=O)[nH]2)c1. The van der Waals surface area contributed by atoms with Gasteiger partial charge in [0, 0.05) is 18.0 Å². The summed E-state index contributed by atoms with van der Waals surface area (Å²) in [6.45, 7) is 0. The molecule has 0 amide bonds. The number of pyridine rings is 1. The van der Waals surface area contributed by atoms with Crippen LogP contribution in [0, 0.1) is 0 Å². The summed E-state index contributed by atoms with van der Waals surface area (Å²) >= 11 is 6.94. The zero-order chi connectivity index (χ0) is 11.5. The van der Waals surface area contributed by atoms with Gasteiger partial charge >= 0.3 is 0 Å². The lowest BCUT2D eigenvalue weighted by Gasteiger charge is -2.01. The van der Waals surface area contributed by atoms with Crippen molar-refractivity contribution >= 4 is 29.1 Å². The highest BCUT2D eigenvalue weighted by Gasteiger charge is 2.03. The van der Waals surface area contributed by atoms with Gasteiger partial charge in [-0.2, -0.15) is 0 Å². The van der Waals surface area contributed by atoms with Crippen LogP contribution in [0.5, 0.6) is 0 Å². The van der Waals surface area contributed by atoms with Crippen molar-refractivity contribution in [2.75, 3.05) is 5.73 Å². The van der Waals surface area contributed by atoms with Crippen LogP contribution in [0.2, 0.25) is 5.15 Å². The van der Waals surface area contributed by atoms with Crippen LogP contribution in [0.1, 0.15) is 0 Å². The van der Waals surface area contributed by atoms with Crippen LogP contribution in [0.4, 0.5) is 5.69 Å². The third-order valence-electron chi connectivity index (χ3n) is 1.64. The fourth-order valence-electron chi connectivity index (χ4n) is 1.05. The molecule has 0 aromatic carbocycles. The third-order valence-corrected chi connectivity index (χ3v) is 2.65. The number of aromatic nitrogens is 3. The summed E-state index contributed by atoms with van der Waals surface area (Å²) in [5.41, 5.74) is 5.91. The van der Waals surface area contributed by atoms with Gasteiger partial charge in [0.15, 0.2) is 5.16 Å². The monoisotopic (exact) mass is 254 g/mol. The van der Waals surface area contributed by atoms with Crippen molar-refractivity contribution < 1.29 is 0 Å². The minimum atomic E-state index is -0.215. The van der Waals surface area contributed by atoms with Gasteiger partial charge in [0.1, 0.15) is 10.2 Å². The normalized spacial score (nSPS) is 10.3. The highest BCUT2D eigenvalue weighted by atomic mass is 35.5. The van der Waals surface area contributed by atoms with Crippen molar-refractivity contribution in [3.8, 4) is 0 Å². The van der Waals surface area contributed by atoms with E-state index in [1.165, 1.54) is 24.0 Å². The summed E-state index contributed by atoms with van der Waals surface area (Å²) in [6, 6.07) is 4.54. The van der Waals surface area contributed by atoms with Crippen molar-refractivity contribution in [2.24, 2.45) is 0 Å². The second-order valence-corrected chi connectivity index (χ2v) is 4.30. The summed E-state index contributed by atoms with van der Waals surface area (Å²) in [6.07, 6.45) is 1.43. The highest BCUT2D eigenvalue weighted by Crippen LogP contribution is 2.25. The molecule has 0 aliphatic rings. The third kappa shape index (κ3) is 2.74. The molecule has 0 aliphatic carbocycles. The second-order valence-electron chi connectivity index (χ2n) is 2.90. The Labute approximate surface area is 100 Å². The van der Waals surface area contributed by atoms with Crippen LogP contribution in [0.3, 0.4) is 0 Å². The molecule has 7 heteroatoms. The number of hydrogen-bond acceptors (Lipinski definition) is 5. The van der Waals surface area contributed by atoms with Crippen molar-refractivity contribution in [1.29, 1.82) is 0 Å². The summed E-state index contributed by atoms with van der Waals surface area (Å²) in [5.74, 6) is 0. The Balaban J connectivity index is 2.30. The average molecular weight is 255 g/mol. The van der Waals surface area contributed by atoms with Gasteiger partial charge < -0.3 is 10.7 Å². The van der Waals surface area contributed by atoms with Crippen LogP contribution in [-0.4, -0.2) is 15.0 Å². The van der Waals surface area contributed by atoms with E-state index >= 15 is 0 Å². The first-order valence-electron chi connectivity index (χ1n) is 4.30. The molecule has 0 atom stereocenters. The molecule has 5 nitrogen and oxygen atoms in total. The first-order chi connectivity index (χ1) is 7.63. The number of hydrogen-bond donors (Lipinski definition) is 2. The van der Waals surface area contributed by atoms with Crippen molar-refractivity contribution in [1.82, 2.24) is 15.0 Å². The van der Waals surface area contributed by atoms with Crippen LogP contribution in [0.15, 0.2) is 39.4 Å². The molecule has 0 fully saturated rings. The number of anilines is 1. The van der Waals surface area contributed by atoms with E-state index in [2.05, 4.69) is 15.0 Å². The van der Waals surface area contributed by atoms with Crippen LogP contribution < -0.4 is 11.3 Å². The molecule has 0 saturated carbocycles. The topological polar surface area (TPSA) is 84.7 Å². The molecule has 0 radical (unpaired) electrons. The molecule has 0 spiro atoms. The van der Waals surface area contributed by atoms with Gasteiger partial charge in [-0.05, 0) is 23.9 Å². The molecule has 2 heterocycles. The summed E-state index contributed by atoms with van der Waals surface area (Å²) in [4.78, 5) is 21.6. The molecule has 3 N–H and O–H groups in total. The van der Waals surface area contributed by atoms with E-state index in [-0.39, 0.29) is 5.56 Å². The number of nitrogens with two attached hydrogens (primary N) is 1. The van der Waals surface area contributed by atoms with Crippen LogP contribution in [0.25, 0.3) is 0 Å². The second kappa shape index (κ2) is 4.54. The fraction of sp³-hybridized carbons (Fsp3) is 0. The first kappa shape index (κ1) is 11.0. The lowest BCUT2D eigenvalue weighted by molar-refractivity contribution is 0.932. The Morgan fingerprint density at radius 2 is 2.25 bits per heavy atom. The Hall–Kier alpha value is -1.53. The Kier molecular flexibility index (Phi) is 3.12. The maximum atomic E-state index is 11.0. The molecule has 2 rings (SSSR count). The van der Waals surface area contributed by atoms with E-state index in [4.69, 9.17) is 17.3 Å². The minimum absolute atomic E-state index is 0.215. The van der Waals surface area contributed by atoms with Gasteiger partial charge in [0.25, 0.3) is 5.56 Å². The molecule has 0 bridgehead atoms. The van der Waals surface area contributed by atoms with Gasteiger partial charge in [-0.15, -0.1) is 0 Å². The van der Waals surface area contributed by atoms with Gasteiger partial charge in [-0.3, -0.25) is 4.79 Å². The van der Waals surface area contributed by atoms with Crippen molar-refractivity contribution in [3.05, 3.63) is 39.9 Å². The number of nitrogens with zero attached hydrogens (tertiary/aromatic N) is 2. The lowest BCUT2D eigenvalue weighted by Crippen LogP contribution is -2.05. The van der Waals surface area contributed by atoms with Gasteiger partial charge in [-0.1, -0.05) is 11.6 Å². The molecular weight excluding hydrogens is 248 g/mol. The average Bonchev–Trinajstić information content (AvgIpc) is 2.15. The highest BCUT2D eigenvalue weighted by molar-refractivity contribution is 7.99. The predicted molar refractivity (Wildman–Crippen MR) is 62.6 cm³/mol. The molecule has 2 aromatic rings. The van der Waals surface area contributed by atoms with Gasteiger partial charge in [0.2, 0.25) is 0 Å². The molecule has 2 aromatic heterocycles. The molecule has 0 unspecified atom stereocenters. The Bertz CT molecular complexity index is 551. The smallest absolute Gasteiger partial charge is 0.251 e. The van der Waals surface area contributed by atoms with E-state index in [1.54, 1.807) is 12.1 Å². The quantitative estimate of drug-likeness (QED) is 0.627.